The molecule has 0 aliphatic carbocycles. The highest BCUT2D eigenvalue weighted by atomic mass is 16.5. The van der Waals surface area contributed by atoms with Crippen molar-refractivity contribution < 1.29 is 4.74 Å². The highest BCUT2D eigenvalue weighted by molar-refractivity contribution is 5.17. The van der Waals surface area contributed by atoms with Crippen molar-refractivity contribution in [3.63, 3.8) is 0 Å². The van der Waals surface area contributed by atoms with E-state index in [1.165, 1.54) is 64.2 Å². The van der Waals surface area contributed by atoms with Gasteiger partial charge in [-0.2, -0.15) is 0 Å². The van der Waals surface area contributed by atoms with E-state index in [0.717, 1.165) is 6.61 Å². The Kier molecular flexibility index (Phi) is 13.4. The van der Waals surface area contributed by atoms with Gasteiger partial charge in [-0.05, 0) is 25.3 Å². The minimum Gasteiger partial charge on any atom is -0.501 e. The number of hydrogen-bond donors (Lipinski definition) is 0. The zero-order valence-corrected chi connectivity index (χ0v) is 14.0. The van der Waals surface area contributed by atoms with Crippen LogP contribution in [0.5, 0.6) is 0 Å². The summed E-state index contributed by atoms with van der Waals surface area (Å²) in [7, 11) is 0. The summed E-state index contributed by atoms with van der Waals surface area (Å²) in [6.07, 6.45) is 33.7. The minimum atomic E-state index is 0.843. The van der Waals surface area contributed by atoms with Gasteiger partial charge in [0.1, 0.15) is 0 Å². The van der Waals surface area contributed by atoms with Gasteiger partial charge < -0.3 is 4.74 Å². The van der Waals surface area contributed by atoms with Crippen LogP contribution in [0.4, 0.5) is 0 Å². The molecule has 0 saturated heterocycles. The summed E-state index contributed by atoms with van der Waals surface area (Å²) in [5.74, 6) is 0. The second-order valence-electron chi connectivity index (χ2n) is 5.75. The lowest BCUT2D eigenvalue weighted by atomic mass is 10.1. The Bertz CT molecular complexity index is 335. The fourth-order valence-corrected chi connectivity index (χ4v) is 2.41. The molecule has 1 nitrogen and oxygen atoms in total. The lowest BCUT2D eigenvalue weighted by Crippen LogP contribution is -1.88. The third-order valence-electron chi connectivity index (χ3n) is 3.72. The van der Waals surface area contributed by atoms with Gasteiger partial charge in [-0.15, -0.1) is 0 Å². The van der Waals surface area contributed by atoms with Gasteiger partial charge in [-0.25, -0.2) is 0 Å². The van der Waals surface area contributed by atoms with E-state index in [4.69, 9.17) is 4.74 Å². The summed E-state index contributed by atoms with van der Waals surface area (Å²) in [6.45, 7) is 0.843. The quantitative estimate of drug-likeness (QED) is 0.486. The molecule has 0 radical (unpaired) electrons. The lowest BCUT2D eigenvalue weighted by Gasteiger charge is -2.02. The third-order valence-corrected chi connectivity index (χ3v) is 3.72. The van der Waals surface area contributed by atoms with Gasteiger partial charge in [-0.3, -0.25) is 0 Å². The van der Waals surface area contributed by atoms with E-state index < -0.39 is 0 Å². The van der Waals surface area contributed by atoms with Crippen molar-refractivity contribution in [3.8, 4) is 0 Å². The van der Waals surface area contributed by atoms with Gasteiger partial charge in [0.05, 0.1) is 12.9 Å². The maximum atomic E-state index is 5.47. The van der Waals surface area contributed by atoms with E-state index in [-0.39, 0.29) is 0 Å². The summed E-state index contributed by atoms with van der Waals surface area (Å²) in [5.41, 5.74) is 0. The van der Waals surface area contributed by atoms with Crippen LogP contribution in [0.15, 0.2) is 60.9 Å². The molecule has 0 fully saturated rings. The molecular weight excluding hydrogens is 268 g/mol. The number of ether oxygens (including phenoxy) is 1. The fraction of sp³-hybridized carbons (Fsp3) is 0.524. The molecule has 0 N–H and O–H groups in total. The summed E-state index contributed by atoms with van der Waals surface area (Å²) in [6, 6.07) is 0. The molecule has 0 amide bonds. The first-order valence-corrected chi connectivity index (χ1v) is 8.93. The van der Waals surface area contributed by atoms with Crippen LogP contribution in [0.25, 0.3) is 0 Å². The van der Waals surface area contributed by atoms with Crippen molar-refractivity contribution >= 4 is 0 Å². The van der Waals surface area contributed by atoms with Crippen molar-refractivity contribution in [1.82, 2.24) is 0 Å². The maximum Gasteiger partial charge on any atom is 0.0873 e. The van der Waals surface area contributed by atoms with Crippen LogP contribution in [0, 0.1) is 0 Å². The van der Waals surface area contributed by atoms with Gasteiger partial charge >= 0.3 is 0 Å². The summed E-state index contributed by atoms with van der Waals surface area (Å²) in [5, 5.41) is 0. The minimum absolute atomic E-state index is 0.843. The second-order valence-corrected chi connectivity index (χ2v) is 5.75. The highest BCUT2D eigenvalue weighted by Crippen LogP contribution is 2.11. The Morgan fingerprint density at radius 2 is 0.955 bits per heavy atom. The molecule has 0 unspecified atom stereocenters. The predicted molar refractivity (Wildman–Crippen MR) is 97.8 cm³/mol. The monoisotopic (exact) mass is 300 g/mol. The molecule has 22 heavy (non-hydrogen) atoms. The van der Waals surface area contributed by atoms with Gasteiger partial charge in [0.2, 0.25) is 0 Å². The summed E-state index contributed by atoms with van der Waals surface area (Å²) < 4.78 is 5.47. The largest absolute Gasteiger partial charge is 0.501 e. The number of hydrogen-bond acceptors (Lipinski definition) is 1. The van der Waals surface area contributed by atoms with E-state index in [1.807, 2.05) is 30.4 Å². The number of allylic oxidation sites excluding steroid dienone is 9. The van der Waals surface area contributed by atoms with Crippen molar-refractivity contribution in [1.29, 1.82) is 0 Å². The standard InChI is InChI=1S/C21H32O/c1-2-4-6-8-10-12-14-16-18-20-22-21-19-17-15-13-11-9-7-5-3-1/h2,4,6,8,10,12,14,16,18,20H,1,3,5,7,9,11,13,15,17,19,21H2/b4-2-,8-6-,12-10-,16-14-,20-18-. The van der Waals surface area contributed by atoms with Crippen LogP contribution in [-0.2, 0) is 4.74 Å². The average molecular weight is 300 g/mol. The molecular formula is C21H32O. The fourth-order valence-electron chi connectivity index (χ4n) is 2.41. The van der Waals surface area contributed by atoms with Crippen LogP contribution in [0.3, 0.4) is 0 Å². The Balaban J connectivity index is 2.28. The maximum absolute atomic E-state index is 5.47. The third kappa shape index (κ3) is 13.5. The van der Waals surface area contributed by atoms with E-state index >= 15 is 0 Å². The average Bonchev–Trinajstić information content (AvgIpc) is 2.53. The zero-order valence-electron chi connectivity index (χ0n) is 14.0. The summed E-state index contributed by atoms with van der Waals surface area (Å²) >= 11 is 0. The Morgan fingerprint density at radius 3 is 1.64 bits per heavy atom. The molecule has 0 aromatic rings. The van der Waals surface area contributed by atoms with Crippen LogP contribution in [0.2, 0.25) is 0 Å². The van der Waals surface area contributed by atoms with Crippen LogP contribution < -0.4 is 0 Å². The van der Waals surface area contributed by atoms with E-state index in [0.29, 0.717) is 0 Å². The van der Waals surface area contributed by atoms with E-state index in [1.54, 1.807) is 6.26 Å². The molecule has 0 aromatic carbocycles. The molecule has 0 aromatic heterocycles. The topological polar surface area (TPSA) is 9.23 Å². The molecule has 1 aliphatic heterocycles. The molecule has 0 saturated carbocycles. The lowest BCUT2D eigenvalue weighted by molar-refractivity contribution is 0.240. The molecule has 0 atom stereocenters. The SMILES string of the molecule is C1=C\C=C/C=C\OCCCCCCCCCCC/C=C\C=C/1. The number of rotatable bonds is 0. The van der Waals surface area contributed by atoms with Crippen molar-refractivity contribution in [2.75, 3.05) is 6.61 Å². The first-order valence-electron chi connectivity index (χ1n) is 8.93. The Labute approximate surface area is 137 Å². The first-order chi connectivity index (χ1) is 11.0. The Hall–Kier alpha value is -1.50. The van der Waals surface area contributed by atoms with Crippen molar-refractivity contribution in [2.45, 2.75) is 64.2 Å². The van der Waals surface area contributed by atoms with E-state index in [2.05, 4.69) is 24.3 Å². The molecule has 1 heterocycles. The smallest absolute Gasteiger partial charge is 0.0873 e. The molecule has 122 valence electrons. The highest BCUT2D eigenvalue weighted by Gasteiger charge is 1.92. The molecule has 1 rings (SSSR count). The van der Waals surface area contributed by atoms with Crippen LogP contribution >= 0.6 is 0 Å². The van der Waals surface area contributed by atoms with Crippen molar-refractivity contribution in [3.05, 3.63) is 60.9 Å². The van der Waals surface area contributed by atoms with Gasteiger partial charge in [-0.1, -0.05) is 93.6 Å². The molecule has 1 heteroatoms. The first kappa shape index (κ1) is 18.5. The normalized spacial score (nSPS) is 27.3. The summed E-state index contributed by atoms with van der Waals surface area (Å²) in [4.78, 5) is 0. The molecule has 0 spiro atoms. The van der Waals surface area contributed by atoms with Gasteiger partial charge in [0, 0.05) is 0 Å². The second kappa shape index (κ2) is 15.9. The molecule has 0 bridgehead atoms. The predicted octanol–water partition coefficient (Wildman–Crippen LogP) is 6.66. The van der Waals surface area contributed by atoms with Crippen LogP contribution in [-0.4, -0.2) is 6.61 Å². The van der Waals surface area contributed by atoms with Gasteiger partial charge in [0.15, 0.2) is 0 Å². The van der Waals surface area contributed by atoms with Crippen molar-refractivity contribution in [2.24, 2.45) is 0 Å². The van der Waals surface area contributed by atoms with E-state index in [9.17, 15) is 0 Å². The molecule has 1 aliphatic rings. The Morgan fingerprint density at radius 1 is 0.455 bits per heavy atom. The zero-order chi connectivity index (χ0) is 15.6. The van der Waals surface area contributed by atoms with Gasteiger partial charge in [0.25, 0.3) is 0 Å². The van der Waals surface area contributed by atoms with Crippen LogP contribution in [0.1, 0.15) is 64.2 Å².